The van der Waals surface area contributed by atoms with Gasteiger partial charge in [0.05, 0.1) is 0 Å². The summed E-state index contributed by atoms with van der Waals surface area (Å²) in [5.74, 6) is 0.240. The fourth-order valence-corrected chi connectivity index (χ4v) is 5.63. The molecule has 0 saturated carbocycles. The molecule has 0 aromatic heterocycles. The van der Waals surface area contributed by atoms with E-state index in [4.69, 9.17) is 9.05 Å². The number of benzene rings is 2. The molecule has 0 radical (unpaired) electrons. The number of hydrogen-bond donors (Lipinski definition) is 2. The third-order valence-electron chi connectivity index (χ3n) is 7.24. The van der Waals surface area contributed by atoms with Crippen LogP contribution in [0.15, 0.2) is 24.3 Å². The molecule has 2 N–H and O–H groups in total. The Morgan fingerprint density at radius 1 is 0.625 bits per heavy atom. The van der Waals surface area contributed by atoms with Crippen LogP contribution in [-0.2, 0) is 21.7 Å². The Labute approximate surface area is 244 Å². The molecule has 40 heavy (non-hydrogen) atoms. The monoisotopic (exact) mass is 598 g/mol. The maximum atomic E-state index is 14.3. The zero-order chi connectivity index (χ0) is 31.0. The maximum absolute atomic E-state index is 14.3. The summed E-state index contributed by atoms with van der Waals surface area (Å²) in [6.45, 7) is 27.0. The molecule has 2 unspecified atom stereocenters. The van der Waals surface area contributed by atoms with Crippen molar-refractivity contribution in [1.82, 2.24) is 0 Å². The highest BCUT2D eigenvalue weighted by atomic mass is 31.2. The molecular weight excluding hydrogens is 548 g/mol. The molecule has 8 heteroatoms. The Kier molecular flexibility index (Phi) is 10.9. The van der Waals surface area contributed by atoms with Crippen LogP contribution in [0, 0.1) is 0 Å². The Hall–Kier alpha value is -1.32. The first-order chi connectivity index (χ1) is 18.0. The van der Waals surface area contributed by atoms with Gasteiger partial charge in [0.1, 0.15) is 11.5 Å². The molecular formula is C32H50F2O4P2. The summed E-state index contributed by atoms with van der Waals surface area (Å²) in [6, 6.07) is 8.15. The third-order valence-corrected chi connectivity index (χ3v) is 7.91. The molecule has 0 aliphatic heterocycles. The van der Waals surface area contributed by atoms with Gasteiger partial charge in [0.25, 0.3) is 0 Å². The van der Waals surface area contributed by atoms with Crippen LogP contribution in [0.5, 0.6) is 11.5 Å². The number of halogens is 2. The van der Waals surface area contributed by atoms with Crippen molar-refractivity contribution < 1.29 is 27.2 Å². The summed E-state index contributed by atoms with van der Waals surface area (Å²) in [7, 11) is -6.39. The largest absolute Gasteiger partial charge is 0.436 e. The predicted molar refractivity (Wildman–Crippen MR) is 166 cm³/mol. The molecule has 0 aliphatic rings. The summed E-state index contributed by atoms with van der Waals surface area (Å²) in [4.78, 5) is 19.8. The van der Waals surface area contributed by atoms with Crippen molar-refractivity contribution >= 4 is 17.4 Å². The lowest BCUT2D eigenvalue weighted by molar-refractivity contribution is 0.413. The van der Waals surface area contributed by atoms with E-state index in [1.807, 2.05) is 65.8 Å². The predicted octanol–water partition coefficient (Wildman–Crippen LogP) is 10.9. The van der Waals surface area contributed by atoms with Crippen molar-refractivity contribution in [2.45, 2.75) is 130 Å². The molecule has 0 bridgehead atoms. The minimum absolute atomic E-state index is 0.231. The second-order valence-corrected chi connectivity index (χ2v) is 16.1. The first-order valence-corrected chi connectivity index (χ1v) is 16.2. The van der Waals surface area contributed by atoms with Crippen LogP contribution in [0.3, 0.4) is 0 Å². The fourth-order valence-electron chi connectivity index (χ4n) is 4.92. The Bertz CT molecular complexity index is 1080. The minimum atomic E-state index is -3.20. The van der Waals surface area contributed by atoms with Crippen molar-refractivity contribution in [3.05, 3.63) is 57.6 Å². The highest BCUT2D eigenvalue weighted by Gasteiger charge is 2.35. The first-order valence-electron chi connectivity index (χ1n) is 14.0. The molecule has 0 fully saturated rings. The average Bonchev–Trinajstić information content (AvgIpc) is 2.74. The highest BCUT2D eigenvalue weighted by molar-refractivity contribution is 7.40. The van der Waals surface area contributed by atoms with Crippen molar-refractivity contribution in [3.8, 4) is 11.5 Å². The van der Waals surface area contributed by atoms with E-state index < -0.39 is 28.2 Å². The van der Waals surface area contributed by atoms with Crippen molar-refractivity contribution in [2.24, 2.45) is 0 Å². The van der Waals surface area contributed by atoms with Gasteiger partial charge in [0.2, 0.25) is 0 Å². The van der Waals surface area contributed by atoms with Crippen molar-refractivity contribution in [1.29, 1.82) is 0 Å². The molecule has 0 aliphatic carbocycles. The highest BCUT2D eigenvalue weighted by Crippen LogP contribution is 2.53. The summed E-state index contributed by atoms with van der Waals surface area (Å²) in [6.07, 6.45) is 1.40. The van der Waals surface area contributed by atoms with E-state index in [1.54, 1.807) is 0 Å². The average molecular weight is 599 g/mol. The summed E-state index contributed by atoms with van der Waals surface area (Å²) in [5, 5.41) is 0. The lowest BCUT2D eigenvalue weighted by Crippen LogP contribution is -2.21. The van der Waals surface area contributed by atoms with E-state index in [0.717, 1.165) is 39.8 Å². The van der Waals surface area contributed by atoms with Gasteiger partial charge in [-0.1, -0.05) is 121 Å². The lowest BCUT2D eigenvalue weighted by Gasteiger charge is -2.34. The molecule has 2 rings (SSSR count). The smallest absolute Gasteiger partial charge is 0.423 e. The van der Waals surface area contributed by atoms with Crippen LogP contribution in [0.2, 0.25) is 0 Å². The summed E-state index contributed by atoms with van der Waals surface area (Å²) < 4.78 is 39.9. The SMILES string of the molecule is CCCC(c1cc(C(C)(C)C)cc(C(C)(C)C)c1OP(O)F)c1cc(C(C)(C)C)cc(C(C)(C)C)c1OP(O)F. The summed E-state index contributed by atoms with van der Waals surface area (Å²) >= 11 is 0. The van der Waals surface area contributed by atoms with Gasteiger partial charge < -0.3 is 18.8 Å². The molecule has 0 saturated heterocycles. The minimum Gasteiger partial charge on any atom is -0.423 e. The van der Waals surface area contributed by atoms with E-state index >= 15 is 0 Å². The lowest BCUT2D eigenvalue weighted by atomic mass is 9.73. The molecule has 0 spiro atoms. The van der Waals surface area contributed by atoms with Crippen LogP contribution in [-0.4, -0.2) is 9.79 Å². The van der Waals surface area contributed by atoms with Crippen molar-refractivity contribution in [3.63, 3.8) is 0 Å². The van der Waals surface area contributed by atoms with Gasteiger partial charge in [-0.15, -0.1) is 8.39 Å². The number of rotatable bonds is 8. The second-order valence-electron chi connectivity index (χ2n) is 14.9. The van der Waals surface area contributed by atoms with Gasteiger partial charge >= 0.3 is 17.4 Å². The topological polar surface area (TPSA) is 58.9 Å². The Balaban J connectivity index is 3.20. The molecule has 226 valence electrons. The fraction of sp³-hybridized carbons (Fsp3) is 0.625. The van der Waals surface area contributed by atoms with Gasteiger partial charge in [-0.3, -0.25) is 0 Å². The molecule has 2 aromatic rings. The van der Waals surface area contributed by atoms with Crippen LogP contribution in [0.1, 0.15) is 142 Å². The standard InChI is InChI=1S/C32H50F2O4P2/c1-14-15-22(23-16-20(29(2,3)4)18-25(31(8,9)10)27(23)37-39(33)35)24-17-21(30(5,6)7)19-26(32(11,12)13)28(24)38-40(34)36/h16-19,22,35-36H,14-15H2,1-13H3. The molecule has 0 heterocycles. The van der Waals surface area contributed by atoms with E-state index in [9.17, 15) is 18.2 Å². The quantitative estimate of drug-likeness (QED) is 0.297. The van der Waals surface area contributed by atoms with E-state index in [2.05, 4.69) is 48.5 Å². The molecule has 2 atom stereocenters. The van der Waals surface area contributed by atoms with Crippen LogP contribution in [0.25, 0.3) is 0 Å². The normalized spacial score (nSPS) is 15.5. The van der Waals surface area contributed by atoms with Gasteiger partial charge in [0, 0.05) is 28.2 Å². The van der Waals surface area contributed by atoms with Gasteiger partial charge in [-0.2, -0.15) is 0 Å². The zero-order valence-electron chi connectivity index (χ0n) is 26.7. The van der Waals surface area contributed by atoms with Crippen molar-refractivity contribution in [2.75, 3.05) is 0 Å². The van der Waals surface area contributed by atoms with Crippen LogP contribution < -0.4 is 9.05 Å². The number of hydrogen-bond acceptors (Lipinski definition) is 4. The van der Waals surface area contributed by atoms with Crippen LogP contribution >= 0.6 is 17.4 Å². The van der Waals surface area contributed by atoms with E-state index in [0.29, 0.717) is 17.9 Å². The molecule has 0 amide bonds. The van der Waals surface area contributed by atoms with Gasteiger partial charge in [-0.05, 0) is 39.2 Å². The molecule has 4 nitrogen and oxygen atoms in total. The second kappa shape index (κ2) is 12.5. The third kappa shape index (κ3) is 8.60. The van der Waals surface area contributed by atoms with E-state index in [1.165, 1.54) is 0 Å². The Morgan fingerprint density at radius 3 is 1.18 bits per heavy atom. The van der Waals surface area contributed by atoms with Gasteiger partial charge in [0.15, 0.2) is 0 Å². The zero-order valence-corrected chi connectivity index (χ0v) is 28.5. The first kappa shape index (κ1) is 34.9. The van der Waals surface area contributed by atoms with Crippen LogP contribution in [0.4, 0.5) is 8.39 Å². The summed E-state index contributed by atoms with van der Waals surface area (Å²) in [5.41, 5.74) is 3.79. The maximum Gasteiger partial charge on any atom is 0.436 e. The van der Waals surface area contributed by atoms with Gasteiger partial charge in [-0.25, -0.2) is 0 Å². The Morgan fingerprint density at radius 2 is 0.950 bits per heavy atom. The molecule has 2 aromatic carbocycles. The van der Waals surface area contributed by atoms with E-state index in [-0.39, 0.29) is 16.7 Å².